The molecule has 8 saturated carbocycles. The predicted octanol–water partition coefficient (Wildman–Crippen LogP) is 4.87. The van der Waals surface area contributed by atoms with Gasteiger partial charge >= 0.3 is 0 Å². The van der Waals surface area contributed by atoms with Crippen LogP contribution in [0.25, 0.3) is 0 Å². The van der Waals surface area contributed by atoms with Crippen molar-refractivity contribution in [3.8, 4) is 0 Å². The highest BCUT2D eigenvalue weighted by Crippen LogP contribution is 2.96. The predicted molar refractivity (Wildman–Crippen MR) is 133 cm³/mol. The lowest BCUT2D eigenvalue weighted by molar-refractivity contribution is -0.389. The molecule has 10 aliphatic rings. The smallest absolute Gasteiger partial charge is 0.180 e. The van der Waals surface area contributed by atoms with Gasteiger partial charge in [0, 0.05) is 52.1 Å². The highest BCUT2D eigenvalue weighted by Gasteiger charge is 2.93. The van der Waals surface area contributed by atoms with Crippen LogP contribution in [0.15, 0.2) is 24.3 Å². The maximum atomic E-state index is 6.23. The largest absolute Gasteiger partial charge is 0.352 e. The summed E-state index contributed by atoms with van der Waals surface area (Å²) >= 11 is 0. The van der Waals surface area contributed by atoms with E-state index in [1.165, 1.54) is 12.8 Å². The molecule has 0 aromatic heterocycles. The molecule has 0 radical (unpaired) electrons. The van der Waals surface area contributed by atoms with Crippen molar-refractivity contribution in [3.05, 3.63) is 24.3 Å². The Bertz CT molecular complexity index is 975. The van der Waals surface area contributed by atoms with E-state index in [-0.39, 0.29) is 0 Å². The second-order valence-electron chi connectivity index (χ2n) is 15.2. The van der Waals surface area contributed by atoms with Crippen LogP contribution in [-0.2, 0) is 18.9 Å². The maximum absolute atomic E-state index is 6.23. The van der Waals surface area contributed by atoms with Gasteiger partial charge in [0.2, 0.25) is 0 Å². The van der Waals surface area contributed by atoms with Crippen molar-refractivity contribution in [1.82, 2.24) is 0 Å². The maximum Gasteiger partial charge on any atom is 0.180 e. The number of rotatable bonds is 4. The molecule has 10 aliphatic carbocycles. The van der Waals surface area contributed by atoms with E-state index in [1.807, 2.05) is 28.4 Å². The Kier molecular flexibility index (Phi) is 3.39. The zero-order chi connectivity index (χ0) is 24.3. The van der Waals surface area contributed by atoms with Crippen LogP contribution in [0.5, 0.6) is 0 Å². The van der Waals surface area contributed by atoms with Gasteiger partial charge in [0.25, 0.3) is 0 Å². The molecule has 0 N–H and O–H groups in total. The molecule has 4 nitrogen and oxygen atoms in total. The van der Waals surface area contributed by atoms with Crippen molar-refractivity contribution in [2.75, 3.05) is 28.4 Å². The number of hydrogen-bond acceptors (Lipinski definition) is 4. The molecular formula is C32H42O4. The van der Waals surface area contributed by atoms with Gasteiger partial charge in [-0.1, -0.05) is 38.2 Å². The minimum Gasteiger partial charge on any atom is -0.352 e. The van der Waals surface area contributed by atoms with Crippen molar-refractivity contribution < 1.29 is 18.9 Å². The molecular weight excluding hydrogens is 448 g/mol. The summed E-state index contributed by atoms with van der Waals surface area (Å²) in [5, 5.41) is 0. The minimum absolute atomic E-state index is 0.392. The number of methoxy groups -OCH3 is 4. The van der Waals surface area contributed by atoms with Gasteiger partial charge in [0.1, 0.15) is 0 Å². The summed E-state index contributed by atoms with van der Waals surface area (Å²) in [5.41, 5.74) is 1.06. The summed E-state index contributed by atoms with van der Waals surface area (Å²) < 4.78 is 24.9. The Morgan fingerprint density at radius 3 is 0.944 bits per heavy atom. The average Bonchev–Trinajstić information content (AvgIpc) is 3.76. The monoisotopic (exact) mass is 490 g/mol. The third-order valence-corrected chi connectivity index (χ3v) is 16.3. The third-order valence-electron chi connectivity index (χ3n) is 16.3. The van der Waals surface area contributed by atoms with Gasteiger partial charge in [-0.2, -0.15) is 0 Å². The van der Waals surface area contributed by atoms with Crippen LogP contribution in [0.2, 0.25) is 0 Å². The average molecular weight is 491 g/mol. The fourth-order valence-electron chi connectivity index (χ4n) is 16.3. The van der Waals surface area contributed by atoms with Crippen LogP contribution in [0, 0.1) is 106 Å². The van der Waals surface area contributed by atoms with Crippen molar-refractivity contribution >= 4 is 0 Å². The van der Waals surface area contributed by atoms with E-state index in [9.17, 15) is 0 Å². The summed E-state index contributed by atoms with van der Waals surface area (Å²) in [6, 6.07) is 0. The Hall–Kier alpha value is -0.680. The normalized spacial score (nSPS) is 68.9. The molecule has 2 unspecified atom stereocenters. The lowest BCUT2D eigenvalue weighted by Crippen LogP contribution is -2.82. The molecule has 0 aromatic carbocycles. The summed E-state index contributed by atoms with van der Waals surface area (Å²) in [7, 11) is 7.57. The molecule has 18 atom stereocenters. The van der Waals surface area contributed by atoms with E-state index in [1.54, 1.807) is 0 Å². The summed E-state index contributed by atoms with van der Waals surface area (Å²) in [5.74, 6) is 11.3. The first-order valence-electron chi connectivity index (χ1n) is 15.0. The van der Waals surface area contributed by atoms with Crippen LogP contribution in [0.4, 0.5) is 0 Å². The Morgan fingerprint density at radius 2 is 0.722 bits per heavy atom. The van der Waals surface area contributed by atoms with Gasteiger partial charge in [-0.05, 0) is 94.7 Å². The first-order chi connectivity index (χ1) is 17.4. The lowest BCUT2D eigenvalue weighted by atomic mass is 9.18. The zero-order valence-electron chi connectivity index (χ0n) is 22.6. The fraction of sp³-hybridized carbons (Fsp3) is 0.875. The van der Waals surface area contributed by atoms with E-state index < -0.39 is 11.6 Å². The number of ether oxygens (including phenoxy) is 4. The van der Waals surface area contributed by atoms with Crippen LogP contribution < -0.4 is 0 Å². The zero-order valence-corrected chi connectivity index (χ0v) is 22.6. The summed E-state index contributed by atoms with van der Waals surface area (Å²) in [6.07, 6.45) is 12.9. The molecule has 8 bridgehead atoms. The van der Waals surface area contributed by atoms with Crippen LogP contribution >= 0.6 is 0 Å². The first-order valence-corrected chi connectivity index (χ1v) is 15.0. The van der Waals surface area contributed by atoms with Gasteiger partial charge in [0.05, 0.1) is 0 Å². The van der Waals surface area contributed by atoms with E-state index in [0.29, 0.717) is 34.5 Å². The van der Waals surface area contributed by atoms with Gasteiger partial charge < -0.3 is 18.9 Å². The highest BCUT2D eigenvalue weighted by molar-refractivity contribution is 5.42. The first kappa shape index (κ1) is 21.2. The Balaban J connectivity index is 1.05. The molecule has 0 saturated heterocycles. The van der Waals surface area contributed by atoms with Crippen molar-refractivity contribution in [2.45, 2.75) is 38.3 Å². The Labute approximate surface area is 215 Å². The van der Waals surface area contributed by atoms with E-state index in [2.05, 4.69) is 38.2 Å². The molecule has 0 aromatic rings. The van der Waals surface area contributed by atoms with E-state index in [4.69, 9.17) is 18.9 Å². The van der Waals surface area contributed by atoms with Crippen LogP contribution in [-0.4, -0.2) is 40.0 Å². The SMILES string of the molecule is COC1(OC)[C@@H]2C=C[C@H]1[C@H]1[C@H]3C[C@@H]([C@H]12)[C@H]1[C@@H]3C2(C)[C@H]3[C@H]4C[C@H]([C@H]5[C@@H]4[C@H]4C=C[C@@H]5C4(OC)OC)[C@H]3C12C. The van der Waals surface area contributed by atoms with Crippen molar-refractivity contribution in [3.63, 3.8) is 0 Å². The molecule has 4 heteroatoms. The third kappa shape index (κ3) is 1.54. The van der Waals surface area contributed by atoms with Gasteiger partial charge in [-0.15, -0.1) is 0 Å². The lowest BCUT2D eigenvalue weighted by Gasteiger charge is -2.85. The second kappa shape index (κ2) is 5.76. The second-order valence-corrected chi connectivity index (χ2v) is 15.2. The van der Waals surface area contributed by atoms with Crippen LogP contribution in [0.1, 0.15) is 26.7 Å². The molecule has 0 aliphatic heterocycles. The van der Waals surface area contributed by atoms with Gasteiger partial charge in [-0.25, -0.2) is 0 Å². The van der Waals surface area contributed by atoms with Crippen molar-refractivity contribution in [2.24, 2.45) is 106 Å². The molecule has 0 amide bonds. The molecule has 10 rings (SSSR count). The number of hydrogen-bond donors (Lipinski definition) is 0. The quantitative estimate of drug-likeness (QED) is 0.320. The fourth-order valence-corrected chi connectivity index (χ4v) is 16.3. The van der Waals surface area contributed by atoms with E-state index in [0.717, 1.165) is 71.0 Å². The molecule has 8 fully saturated rings. The number of fused-ring (bicyclic) bond motifs is 29. The highest BCUT2D eigenvalue weighted by atomic mass is 16.7. The Morgan fingerprint density at radius 1 is 0.472 bits per heavy atom. The van der Waals surface area contributed by atoms with Crippen molar-refractivity contribution in [1.29, 1.82) is 0 Å². The van der Waals surface area contributed by atoms with Gasteiger partial charge in [0.15, 0.2) is 11.6 Å². The van der Waals surface area contributed by atoms with Crippen LogP contribution in [0.3, 0.4) is 0 Å². The molecule has 0 heterocycles. The topological polar surface area (TPSA) is 36.9 Å². The van der Waals surface area contributed by atoms with Gasteiger partial charge in [-0.3, -0.25) is 0 Å². The molecule has 0 spiro atoms. The summed E-state index contributed by atoms with van der Waals surface area (Å²) in [4.78, 5) is 0. The van der Waals surface area contributed by atoms with E-state index >= 15 is 0 Å². The summed E-state index contributed by atoms with van der Waals surface area (Å²) in [6.45, 7) is 5.54. The molecule has 194 valence electrons. The minimum atomic E-state index is -0.392. The standard InChI is InChI=1S/C32H42O4/c1-29-25-13-11-15(23-19-9-7-17(21(13)23)31(19,33-3)34-4)27(25)30(29,2)28-16-12-14(26(28)29)22-18-8-10-20(24(16)22)32(18,35-5)36-6/h7-10,13-28H,11-12H2,1-6H3/t13-,14+,15+,16-,17+,18-,19-,20+,21-,22+,23+,24-,25-,26+,27+,28-,29?,30?. The molecule has 36 heavy (non-hydrogen) atoms.